The maximum absolute atomic E-state index is 13.0. The lowest BCUT2D eigenvalue weighted by molar-refractivity contribution is -0.137. The summed E-state index contributed by atoms with van der Waals surface area (Å²) < 4.78 is 42.3. The monoisotopic (exact) mass is 355 g/mol. The van der Waals surface area contributed by atoms with Gasteiger partial charge in [0.2, 0.25) is 0 Å². The summed E-state index contributed by atoms with van der Waals surface area (Å²) in [6.45, 7) is 2.73. The molecule has 24 heavy (non-hydrogen) atoms. The van der Waals surface area contributed by atoms with E-state index in [2.05, 4.69) is 14.9 Å². The molecular weight excluding hydrogens is 343 g/mol. The lowest BCUT2D eigenvalue weighted by Gasteiger charge is -2.31. The van der Waals surface area contributed by atoms with E-state index in [9.17, 15) is 13.2 Å². The summed E-state index contributed by atoms with van der Waals surface area (Å²) in [5, 5.41) is 0. The number of aromatic nitrogens is 3. The van der Waals surface area contributed by atoms with Crippen molar-refractivity contribution >= 4 is 34.3 Å². The van der Waals surface area contributed by atoms with E-state index in [4.69, 9.17) is 11.8 Å². The third kappa shape index (κ3) is 2.55. The number of fused-ring (bicyclic) bond motifs is 3. The summed E-state index contributed by atoms with van der Waals surface area (Å²) in [6, 6.07) is 3.56. The molecule has 5 nitrogen and oxygen atoms in total. The molecule has 0 saturated carbocycles. The molecule has 3 heterocycles. The molecule has 0 N–H and O–H groups in total. The van der Waals surface area contributed by atoms with Gasteiger partial charge in [0, 0.05) is 38.6 Å². The molecule has 0 atom stereocenters. The highest BCUT2D eigenvalue weighted by Gasteiger charge is 2.31. The van der Waals surface area contributed by atoms with Crippen molar-refractivity contribution in [2.45, 2.75) is 6.18 Å². The number of imidazole rings is 1. The minimum atomic E-state index is -4.39. The molecular formula is C15H13ClF3N5. The molecule has 3 aromatic rings. The van der Waals surface area contributed by atoms with Crippen LogP contribution >= 0.6 is 11.8 Å². The number of rotatable bonds is 1. The zero-order valence-corrected chi connectivity index (χ0v) is 13.2. The van der Waals surface area contributed by atoms with Gasteiger partial charge in [-0.15, -0.1) is 0 Å². The van der Waals surface area contributed by atoms with Gasteiger partial charge in [-0.2, -0.15) is 13.2 Å². The molecule has 1 fully saturated rings. The average molecular weight is 356 g/mol. The first-order chi connectivity index (χ1) is 11.4. The fourth-order valence-corrected chi connectivity index (χ4v) is 3.07. The van der Waals surface area contributed by atoms with E-state index in [0.717, 1.165) is 12.1 Å². The highest BCUT2D eigenvalue weighted by atomic mass is 35.5. The van der Waals surface area contributed by atoms with Crippen molar-refractivity contribution in [2.75, 3.05) is 31.1 Å². The van der Waals surface area contributed by atoms with Gasteiger partial charge < -0.3 is 4.90 Å². The summed E-state index contributed by atoms with van der Waals surface area (Å²) >= 11 is 5.98. The molecule has 126 valence electrons. The van der Waals surface area contributed by atoms with Crippen LogP contribution in [0.25, 0.3) is 16.7 Å². The number of nitrogens with zero attached hydrogens (tertiary/aromatic N) is 5. The molecule has 0 radical (unpaired) electrons. The van der Waals surface area contributed by atoms with Crippen LogP contribution in [0.3, 0.4) is 0 Å². The number of hydrogen-bond donors (Lipinski definition) is 0. The van der Waals surface area contributed by atoms with Crippen LogP contribution in [0.1, 0.15) is 5.56 Å². The van der Waals surface area contributed by atoms with E-state index in [1.807, 2.05) is 0 Å². The first-order valence-corrected chi connectivity index (χ1v) is 7.77. The van der Waals surface area contributed by atoms with Gasteiger partial charge in [0.05, 0.1) is 16.6 Å². The average Bonchev–Trinajstić information content (AvgIpc) is 3.03. The number of benzene rings is 1. The van der Waals surface area contributed by atoms with Crippen LogP contribution in [0, 0.1) is 0 Å². The first-order valence-electron chi connectivity index (χ1n) is 7.43. The molecule has 1 aliphatic heterocycles. The fourth-order valence-electron chi connectivity index (χ4n) is 2.92. The predicted molar refractivity (Wildman–Crippen MR) is 85.1 cm³/mol. The van der Waals surface area contributed by atoms with Gasteiger partial charge in [0.1, 0.15) is 0 Å². The Bertz CT molecular complexity index is 899. The normalized spacial score (nSPS) is 17.1. The van der Waals surface area contributed by atoms with Crippen molar-refractivity contribution in [3.63, 3.8) is 0 Å². The Hall–Kier alpha value is -2.06. The summed E-state index contributed by atoms with van der Waals surface area (Å²) in [5.41, 5.74) is 0.731. The van der Waals surface area contributed by atoms with Gasteiger partial charge in [-0.3, -0.25) is 4.40 Å². The van der Waals surface area contributed by atoms with Gasteiger partial charge in [-0.05, 0) is 30.0 Å². The van der Waals surface area contributed by atoms with Crippen molar-refractivity contribution in [1.82, 2.24) is 18.8 Å². The number of hydrogen-bond acceptors (Lipinski definition) is 4. The lowest BCUT2D eigenvalue weighted by atomic mass is 10.2. The summed E-state index contributed by atoms with van der Waals surface area (Å²) in [5.74, 6) is 0.664. The highest BCUT2D eigenvalue weighted by molar-refractivity contribution is 6.13. The Morgan fingerprint density at radius 2 is 1.83 bits per heavy atom. The molecule has 4 rings (SSSR count). The maximum atomic E-state index is 13.0. The molecule has 9 heteroatoms. The van der Waals surface area contributed by atoms with Gasteiger partial charge in [0.15, 0.2) is 11.5 Å². The fraction of sp³-hybridized carbons (Fsp3) is 0.333. The topological polar surface area (TPSA) is 36.7 Å². The molecule has 0 spiro atoms. The molecule has 1 saturated heterocycles. The van der Waals surface area contributed by atoms with Gasteiger partial charge in [-0.25, -0.2) is 14.4 Å². The summed E-state index contributed by atoms with van der Waals surface area (Å²) in [6.07, 6.45) is -1.17. The Labute approximate surface area is 140 Å². The third-order valence-electron chi connectivity index (χ3n) is 4.15. The van der Waals surface area contributed by atoms with Crippen molar-refractivity contribution in [1.29, 1.82) is 0 Å². The Kier molecular flexibility index (Phi) is 3.54. The molecule has 0 unspecified atom stereocenters. The van der Waals surface area contributed by atoms with Crippen LogP contribution in [0.15, 0.2) is 30.6 Å². The Morgan fingerprint density at radius 1 is 1.08 bits per heavy atom. The van der Waals surface area contributed by atoms with Crippen molar-refractivity contribution in [3.05, 3.63) is 36.2 Å². The van der Waals surface area contributed by atoms with Crippen molar-refractivity contribution in [2.24, 2.45) is 0 Å². The van der Waals surface area contributed by atoms with Gasteiger partial charge >= 0.3 is 6.18 Å². The van der Waals surface area contributed by atoms with Crippen LogP contribution in [0.2, 0.25) is 0 Å². The van der Waals surface area contributed by atoms with Crippen LogP contribution in [0.5, 0.6) is 0 Å². The van der Waals surface area contributed by atoms with Crippen molar-refractivity contribution < 1.29 is 13.2 Å². The molecule has 0 amide bonds. The zero-order valence-electron chi connectivity index (χ0n) is 12.5. The summed E-state index contributed by atoms with van der Waals surface area (Å²) in [7, 11) is 0. The quantitative estimate of drug-likeness (QED) is 0.628. The summed E-state index contributed by atoms with van der Waals surface area (Å²) in [4.78, 5) is 10.9. The number of alkyl halides is 3. The Balaban J connectivity index is 1.88. The molecule has 0 aliphatic carbocycles. The highest BCUT2D eigenvalue weighted by Crippen LogP contribution is 2.32. The maximum Gasteiger partial charge on any atom is 0.416 e. The third-order valence-corrected chi connectivity index (χ3v) is 4.49. The zero-order chi connectivity index (χ0) is 16.9. The predicted octanol–water partition coefficient (Wildman–Crippen LogP) is 3.18. The minimum Gasteiger partial charge on any atom is -0.351 e. The molecule has 1 aliphatic rings. The van der Waals surface area contributed by atoms with Crippen molar-refractivity contribution in [3.8, 4) is 0 Å². The first kappa shape index (κ1) is 15.5. The van der Waals surface area contributed by atoms with E-state index in [0.29, 0.717) is 48.7 Å². The Morgan fingerprint density at radius 3 is 2.54 bits per heavy atom. The van der Waals surface area contributed by atoms with Crippen LogP contribution in [-0.2, 0) is 6.18 Å². The SMILES string of the molecule is FC(F)(F)c1ccc2nc(N3CCN(Cl)CC3)c3nccn3c2c1. The number of piperazine rings is 1. The standard InChI is InChI=1S/C15H13ClF3N5/c16-23-7-5-22(6-8-23)14-13-20-3-4-24(13)12-9-10(15(17,18)19)1-2-11(12)21-14/h1-4,9H,5-8H2. The van der Waals surface area contributed by atoms with E-state index in [-0.39, 0.29) is 0 Å². The molecule has 0 bridgehead atoms. The minimum absolute atomic E-state index is 0.386. The second-order valence-electron chi connectivity index (χ2n) is 5.65. The van der Waals surface area contributed by atoms with Crippen LogP contribution < -0.4 is 4.90 Å². The van der Waals surface area contributed by atoms with E-state index in [1.165, 1.54) is 6.07 Å². The smallest absolute Gasteiger partial charge is 0.351 e. The molecule has 2 aromatic heterocycles. The molecule has 1 aromatic carbocycles. The largest absolute Gasteiger partial charge is 0.416 e. The van der Waals surface area contributed by atoms with E-state index in [1.54, 1.807) is 21.2 Å². The van der Waals surface area contributed by atoms with E-state index >= 15 is 0 Å². The number of anilines is 1. The second-order valence-corrected chi connectivity index (χ2v) is 6.13. The number of halogens is 4. The van der Waals surface area contributed by atoms with Crippen LogP contribution in [-0.4, -0.2) is 45.0 Å². The van der Waals surface area contributed by atoms with Gasteiger partial charge in [-0.1, -0.05) is 0 Å². The lowest BCUT2D eigenvalue weighted by Crippen LogP contribution is -2.43. The second kappa shape index (κ2) is 5.49. The van der Waals surface area contributed by atoms with E-state index < -0.39 is 11.7 Å². The van der Waals surface area contributed by atoms with Gasteiger partial charge in [0.25, 0.3) is 0 Å². The van der Waals surface area contributed by atoms with Crippen LogP contribution in [0.4, 0.5) is 19.0 Å².